The fraction of sp³-hybridized carbons (Fsp3) is 0.462. The molecule has 0 aliphatic carbocycles. The molecule has 150 valence electrons. The van der Waals surface area contributed by atoms with Crippen LogP contribution in [-0.2, 0) is 30.8 Å². The topological polar surface area (TPSA) is 156 Å². The van der Waals surface area contributed by atoms with Gasteiger partial charge >= 0.3 is 12.1 Å². The van der Waals surface area contributed by atoms with Crippen LogP contribution in [0, 0.1) is 0 Å². The molecular formula is C13H14F3N3O6S2. The number of sulfonamides is 1. The average Bonchev–Trinajstić information content (AvgIpc) is 3.05. The Labute approximate surface area is 154 Å². The Balaban J connectivity index is 0.000000321. The summed E-state index contributed by atoms with van der Waals surface area (Å²) in [5.41, 5.74) is 6.27. The van der Waals surface area contributed by atoms with Gasteiger partial charge in [0.05, 0.1) is 6.42 Å². The van der Waals surface area contributed by atoms with E-state index < -0.39 is 45.3 Å². The third-order valence-electron chi connectivity index (χ3n) is 3.71. The van der Waals surface area contributed by atoms with Crippen molar-refractivity contribution in [2.24, 2.45) is 5.73 Å². The number of fused-ring (bicyclic) bond motifs is 1. The molecule has 2 unspecified atom stereocenters. The lowest BCUT2D eigenvalue weighted by molar-refractivity contribution is -0.192. The molecule has 5 N–H and O–H groups in total. The highest BCUT2D eigenvalue weighted by Crippen LogP contribution is 2.39. The second kappa shape index (κ2) is 7.44. The van der Waals surface area contributed by atoms with E-state index in [1.54, 1.807) is 6.07 Å². The molecule has 2 amide bonds. The van der Waals surface area contributed by atoms with Crippen molar-refractivity contribution in [2.45, 2.75) is 30.3 Å². The maximum absolute atomic E-state index is 11.9. The van der Waals surface area contributed by atoms with Crippen molar-refractivity contribution >= 4 is 39.1 Å². The van der Waals surface area contributed by atoms with Gasteiger partial charge in [0.2, 0.25) is 21.8 Å². The molecule has 1 saturated heterocycles. The van der Waals surface area contributed by atoms with Gasteiger partial charge in [-0.25, -0.2) is 13.2 Å². The summed E-state index contributed by atoms with van der Waals surface area (Å²) >= 11 is 1.24. The summed E-state index contributed by atoms with van der Waals surface area (Å²) in [7, 11) is -3.65. The molecule has 0 bridgehead atoms. The normalized spacial score (nSPS) is 23.6. The molecule has 3 heterocycles. The predicted octanol–water partition coefficient (Wildman–Crippen LogP) is -0.0557. The zero-order valence-corrected chi connectivity index (χ0v) is 15.0. The van der Waals surface area contributed by atoms with Gasteiger partial charge in [-0.3, -0.25) is 14.3 Å². The summed E-state index contributed by atoms with van der Waals surface area (Å²) in [5.74, 6) is -3.73. The fourth-order valence-electron chi connectivity index (χ4n) is 2.54. The van der Waals surface area contributed by atoms with Gasteiger partial charge in [0.1, 0.15) is 11.3 Å². The molecule has 14 heteroatoms. The standard InChI is InChI=1S/C11H13N3O4S2.C2HF3O2/c12-11(16)9-10-5(1-2-13-9)3-6(19-10)7-4-8(15)14-20(7,17)18;3-2(4,5)1(6)7/h3,7,9,13H,1-2,4H2,(H2,12,16)(H,14,15);(H,6,7). The number of alkyl halides is 3. The summed E-state index contributed by atoms with van der Waals surface area (Å²) < 4.78 is 57.5. The van der Waals surface area contributed by atoms with E-state index in [2.05, 4.69) is 5.32 Å². The van der Waals surface area contributed by atoms with Crippen LogP contribution in [-0.4, -0.2) is 44.0 Å². The van der Waals surface area contributed by atoms with Crippen LogP contribution in [0.3, 0.4) is 0 Å². The molecule has 27 heavy (non-hydrogen) atoms. The highest BCUT2D eigenvalue weighted by atomic mass is 32.2. The number of carboxylic acid groups (broad SMARTS) is 1. The Kier molecular flexibility index (Phi) is 5.82. The van der Waals surface area contributed by atoms with E-state index in [0.29, 0.717) is 17.8 Å². The first kappa shape index (κ1) is 21.1. The number of amides is 2. The van der Waals surface area contributed by atoms with Crippen LogP contribution in [0.5, 0.6) is 0 Å². The van der Waals surface area contributed by atoms with Crippen LogP contribution in [0.4, 0.5) is 13.2 Å². The van der Waals surface area contributed by atoms with Gasteiger partial charge in [-0.2, -0.15) is 13.2 Å². The van der Waals surface area contributed by atoms with Crippen LogP contribution < -0.4 is 15.8 Å². The zero-order chi connectivity index (χ0) is 20.6. The SMILES string of the molecule is NC(=O)C1NCCc2cc(C3CC(=O)NS3(=O)=O)sc21.O=C(O)C(F)(F)F. The number of hydrogen-bond donors (Lipinski definition) is 4. The summed E-state index contributed by atoms with van der Waals surface area (Å²) in [6.45, 7) is 0.616. The first-order chi connectivity index (χ1) is 12.3. The molecule has 0 saturated carbocycles. The first-order valence-corrected chi connectivity index (χ1v) is 9.69. The number of halogens is 3. The smallest absolute Gasteiger partial charge is 0.475 e. The Morgan fingerprint density at radius 1 is 1.33 bits per heavy atom. The van der Waals surface area contributed by atoms with Crippen molar-refractivity contribution in [1.29, 1.82) is 0 Å². The van der Waals surface area contributed by atoms with E-state index in [1.807, 2.05) is 4.72 Å². The van der Waals surface area contributed by atoms with Crippen molar-refractivity contribution in [3.63, 3.8) is 0 Å². The monoisotopic (exact) mass is 429 g/mol. The summed E-state index contributed by atoms with van der Waals surface area (Å²) in [6.07, 6.45) is -4.44. The molecule has 1 fully saturated rings. The van der Waals surface area contributed by atoms with E-state index in [-0.39, 0.29) is 6.42 Å². The minimum absolute atomic E-state index is 0.0730. The maximum Gasteiger partial charge on any atom is 0.490 e. The maximum atomic E-state index is 11.9. The van der Waals surface area contributed by atoms with Crippen molar-refractivity contribution in [3.8, 4) is 0 Å². The van der Waals surface area contributed by atoms with Crippen molar-refractivity contribution in [2.75, 3.05) is 6.54 Å². The molecule has 2 aliphatic heterocycles. The molecule has 1 aromatic heterocycles. The molecule has 0 aromatic carbocycles. The van der Waals surface area contributed by atoms with E-state index in [1.165, 1.54) is 11.3 Å². The molecule has 2 atom stereocenters. The quantitative estimate of drug-likeness (QED) is 0.513. The zero-order valence-electron chi connectivity index (χ0n) is 13.4. The largest absolute Gasteiger partial charge is 0.490 e. The van der Waals surface area contributed by atoms with Crippen LogP contribution >= 0.6 is 11.3 Å². The Morgan fingerprint density at radius 3 is 2.37 bits per heavy atom. The number of nitrogens with one attached hydrogen (secondary N) is 2. The van der Waals surface area contributed by atoms with E-state index in [9.17, 15) is 31.2 Å². The van der Waals surface area contributed by atoms with Crippen LogP contribution in [0.2, 0.25) is 0 Å². The van der Waals surface area contributed by atoms with Crippen molar-refractivity contribution < 1.29 is 41.1 Å². The highest BCUT2D eigenvalue weighted by molar-refractivity contribution is 7.90. The van der Waals surface area contributed by atoms with Gasteiger partial charge in [0.15, 0.2) is 0 Å². The van der Waals surface area contributed by atoms with Gasteiger partial charge < -0.3 is 16.2 Å². The Bertz CT molecular complexity index is 880. The molecule has 2 aliphatic rings. The fourth-order valence-corrected chi connectivity index (χ4v) is 5.63. The van der Waals surface area contributed by atoms with Crippen LogP contribution in [0.15, 0.2) is 6.07 Å². The third-order valence-corrected chi connectivity index (χ3v) is 6.90. The number of thiophene rings is 1. The minimum atomic E-state index is -5.08. The van der Waals surface area contributed by atoms with Crippen molar-refractivity contribution in [3.05, 3.63) is 21.4 Å². The number of primary amides is 1. The number of hydrogen-bond acceptors (Lipinski definition) is 7. The number of carbonyl (C=O) groups excluding carboxylic acids is 2. The van der Waals surface area contributed by atoms with Crippen LogP contribution in [0.25, 0.3) is 0 Å². The number of aliphatic carboxylic acids is 1. The third kappa shape index (κ3) is 4.75. The Hall–Kier alpha value is -2.19. The Morgan fingerprint density at radius 2 is 1.93 bits per heavy atom. The second-order valence-electron chi connectivity index (χ2n) is 5.64. The summed E-state index contributed by atoms with van der Waals surface area (Å²) in [6, 6.07) is 1.20. The molecule has 9 nitrogen and oxygen atoms in total. The highest BCUT2D eigenvalue weighted by Gasteiger charge is 2.40. The van der Waals surface area contributed by atoms with Gasteiger partial charge in [0.25, 0.3) is 0 Å². The van der Waals surface area contributed by atoms with E-state index >= 15 is 0 Å². The lowest BCUT2D eigenvalue weighted by atomic mass is 10.0. The van der Waals surface area contributed by atoms with E-state index in [4.69, 9.17) is 15.6 Å². The van der Waals surface area contributed by atoms with Gasteiger partial charge in [0, 0.05) is 16.3 Å². The second-order valence-corrected chi connectivity index (χ2v) is 8.62. The molecular weight excluding hydrogens is 415 g/mol. The predicted molar refractivity (Wildman–Crippen MR) is 86.1 cm³/mol. The number of nitrogens with two attached hydrogens (primary N) is 1. The van der Waals surface area contributed by atoms with Gasteiger partial charge in [-0.15, -0.1) is 11.3 Å². The molecule has 0 radical (unpaired) electrons. The summed E-state index contributed by atoms with van der Waals surface area (Å²) in [5, 5.41) is 9.28. The number of carbonyl (C=O) groups is 3. The van der Waals surface area contributed by atoms with Gasteiger partial charge in [-0.1, -0.05) is 0 Å². The molecule has 3 rings (SSSR count). The summed E-state index contributed by atoms with van der Waals surface area (Å²) in [4.78, 5) is 32.9. The first-order valence-electron chi connectivity index (χ1n) is 7.32. The molecule has 0 spiro atoms. The number of rotatable bonds is 2. The van der Waals surface area contributed by atoms with E-state index in [0.717, 1.165) is 10.4 Å². The van der Waals surface area contributed by atoms with Crippen LogP contribution in [0.1, 0.15) is 33.0 Å². The lowest BCUT2D eigenvalue weighted by Crippen LogP contribution is -2.37. The lowest BCUT2D eigenvalue weighted by Gasteiger charge is -2.20. The van der Waals surface area contributed by atoms with Crippen molar-refractivity contribution in [1.82, 2.24) is 10.0 Å². The molecule has 1 aromatic rings. The van der Waals surface area contributed by atoms with Gasteiger partial charge in [-0.05, 0) is 18.1 Å². The number of carboxylic acids is 1. The minimum Gasteiger partial charge on any atom is -0.475 e. The average molecular weight is 429 g/mol.